The molecule has 1 aromatic carbocycles. The van der Waals surface area contributed by atoms with Gasteiger partial charge in [0.05, 0.1) is 5.56 Å². The second kappa shape index (κ2) is 6.70. The average molecular weight is 279 g/mol. The Morgan fingerprint density at radius 3 is 2.75 bits per heavy atom. The van der Waals surface area contributed by atoms with Crippen LogP contribution in [-0.2, 0) is 0 Å². The Morgan fingerprint density at radius 1 is 1.45 bits per heavy atom. The predicted molar refractivity (Wildman–Crippen MR) is 78.0 cm³/mol. The fourth-order valence-corrected chi connectivity index (χ4v) is 2.55. The summed E-state index contributed by atoms with van der Waals surface area (Å²) >= 11 is 0. The first kappa shape index (κ1) is 14.8. The number of rotatable bonds is 4. The summed E-state index contributed by atoms with van der Waals surface area (Å²) in [6, 6.07) is 4.14. The number of likely N-dealkylation sites (tertiary alicyclic amines) is 1. The van der Waals surface area contributed by atoms with Crippen molar-refractivity contribution in [1.29, 1.82) is 0 Å². The minimum atomic E-state index is -0.566. The van der Waals surface area contributed by atoms with E-state index < -0.39 is 5.82 Å². The smallest absolute Gasteiger partial charge is 0.254 e. The van der Waals surface area contributed by atoms with E-state index in [0.29, 0.717) is 18.2 Å². The van der Waals surface area contributed by atoms with E-state index in [1.807, 2.05) is 0 Å². The largest absolute Gasteiger partial charge is 0.399 e. The third-order valence-corrected chi connectivity index (χ3v) is 3.94. The number of halogens is 1. The van der Waals surface area contributed by atoms with Crippen molar-refractivity contribution in [2.75, 3.05) is 31.9 Å². The molecule has 110 valence electrons. The van der Waals surface area contributed by atoms with Crippen molar-refractivity contribution in [2.24, 2.45) is 5.92 Å². The van der Waals surface area contributed by atoms with E-state index in [0.717, 1.165) is 32.5 Å². The molecule has 1 aliphatic heterocycles. The number of nitrogens with two attached hydrogens (primary N) is 1. The summed E-state index contributed by atoms with van der Waals surface area (Å²) in [7, 11) is 0. The van der Waals surface area contributed by atoms with Crippen LogP contribution in [0.25, 0.3) is 0 Å². The lowest BCUT2D eigenvalue weighted by molar-refractivity contribution is 0.0933. The first-order valence-electron chi connectivity index (χ1n) is 7.15. The number of amides is 1. The molecule has 0 saturated carbocycles. The van der Waals surface area contributed by atoms with E-state index in [2.05, 4.69) is 17.1 Å². The Kier molecular flexibility index (Phi) is 4.95. The number of hydrogen-bond donors (Lipinski definition) is 2. The van der Waals surface area contributed by atoms with Gasteiger partial charge >= 0.3 is 0 Å². The molecule has 5 heteroatoms. The molecule has 2 rings (SSSR count). The maximum Gasteiger partial charge on any atom is 0.254 e. The normalized spacial score (nSPS) is 17.1. The average Bonchev–Trinajstić information content (AvgIpc) is 2.45. The van der Waals surface area contributed by atoms with Gasteiger partial charge in [0, 0.05) is 12.2 Å². The van der Waals surface area contributed by atoms with Crippen LogP contribution in [0.2, 0.25) is 0 Å². The van der Waals surface area contributed by atoms with Crippen molar-refractivity contribution in [2.45, 2.75) is 19.8 Å². The highest BCUT2D eigenvalue weighted by molar-refractivity contribution is 5.94. The number of benzene rings is 1. The zero-order valence-electron chi connectivity index (χ0n) is 11.9. The number of anilines is 1. The Morgan fingerprint density at radius 2 is 2.15 bits per heavy atom. The lowest BCUT2D eigenvalue weighted by Crippen LogP contribution is -2.38. The van der Waals surface area contributed by atoms with Gasteiger partial charge in [-0.3, -0.25) is 4.79 Å². The van der Waals surface area contributed by atoms with E-state index in [1.165, 1.54) is 18.2 Å². The summed E-state index contributed by atoms with van der Waals surface area (Å²) in [4.78, 5) is 14.3. The summed E-state index contributed by atoms with van der Waals surface area (Å²) in [5, 5.41) is 2.82. The molecule has 0 aliphatic carbocycles. The lowest BCUT2D eigenvalue weighted by atomic mass is 9.96. The van der Waals surface area contributed by atoms with Gasteiger partial charge in [0.15, 0.2) is 0 Å². The van der Waals surface area contributed by atoms with Crippen molar-refractivity contribution >= 4 is 11.6 Å². The van der Waals surface area contributed by atoms with Gasteiger partial charge in [0.2, 0.25) is 0 Å². The van der Waals surface area contributed by atoms with Gasteiger partial charge in [-0.15, -0.1) is 0 Å². The molecule has 1 aromatic rings. The van der Waals surface area contributed by atoms with Crippen LogP contribution in [0.15, 0.2) is 18.2 Å². The van der Waals surface area contributed by atoms with Crippen LogP contribution in [-0.4, -0.2) is 37.0 Å². The molecule has 0 atom stereocenters. The van der Waals surface area contributed by atoms with E-state index in [9.17, 15) is 9.18 Å². The van der Waals surface area contributed by atoms with Gasteiger partial charge in [-0.05, 0) is 56.6 Å². The first-order chi connectivity index (χ1) is 9.60. The standard InChI is InChI=1S/C15H22FN3O/c1-2-19-7-5-11(6-8-19)10-18-15(20)13-4-3-12(17)9-14(13)16/h3-4,9,11H,2,5-8,10,17H2,1H3,(H,18,20). The maximum atomic E-state index is 13.6. The Balaban J connectivity index is 1.83. The zero-order valence-corrected chi connectivity index (χ0v) is 11.9. The van der Waals surface area contributed by atoms with Crippen molar-refractivity contribution in [1.82, 2.24) is 10.2 Å². The van der Waals surface area contributed by atoms with Crippen LogP contribution in [0.3, 0.4) is 0 Å². The number of nitrogens with zero attached hydrogens (tertiary/aromatic N) is 1. The van der Waals surface area contributed by atoms with E-state index in [-0.39, 0.29) is 11.5 Å². The molecule has 0 bridgehead atoms. The van der Waals surface area contributed by atoms with Crippen LogP contribution in [0.4, 0.5) is 10.1 Å². The van der Waals surface area contributed by atoms with Crippen molar-refractivity contribution in [3.63, 3.8) is 0 Å². The third kappa shape index (κ3) is 3.70. The molecule has 1 heterocycles. The molecule has 1 aliphatic rings. The van der Waals surface area contributed by atoms with Crippen LogP contribution in [0.5, 0.6) is 0 Å². The lowest BCUT2D eigenvalue weighted by Gasteiger charge is -2.31. The van der Waals surface area contributed by atoms with Gasteiger partial charge in [-0.25, -0.2) is 4.39 Å². The van der Waals surface area contributed by atoms with Crippen LogP contribution in [0.1, 0.15) is 30.1 Å². The van der Waals surface area contributed by atoms with E-state index in [4.69, 9.17) is 5.73 Å². The van der Waals surface area contributed by atoms with E-state index in [1.54, 1.807) is 0 Å². The fraction of sp³-hybridized carbons (Fsp3) is 0.533. The Bertz CT molecular complexity index is 470. The minimum absolute atomic E-state index is 0.0604. The number of hydrogen-bond acceptors (Lipinski definition) is 3. The number of carbonyl (C=O) groups is 1. The second-order valence-corrected chi connectivity index (χ2v) is 5.33. The fourth-order valence-electron chi connectivity index (χ4n) is 2.55. The number of piperidine rings is 1. The molecular weight excluding hydrogens is 257 g/mol. The zero-order chi connectivity index (χ0) is 14.5. The van der Waals surface area contributed by atoms with E-state index >= 15 is 0 Å². The SMILES string of the molecule is CCN1CCC(CNC(=O)c2ccc(N)cc2F)CC1. The number of carbonyl (C=O) groups excluding carboxylic acids is 1. The monoisotopic (exact) mass is 279 g/mol. The second-order valence-electron chi connectivity index (χ2n) is 5.33. The molecular formula is C15H22FN3O. The number of nitrogen functional groups attached to an aromatic ring is 1. The summed E-state index contributed by atoms with van der Waals surface area (Å²) in [5.41, 5.74) is 5.85. The van der Waals surface area contributed by atoms with Crippen LogP contribution in [0, 0.1) is 11.7 Å². The Hall–Kier alpha value is -1.62. The molecule has 0 radical (unpaired) electrons. The van der Waals surface area contributed by atoms with Crippen molar-refractivity contribution in [3.8, 4) is 0 Å². The highest BCUT2D eigenvalue weighted by Gasteiger charge is 2.19. The molecule has 4 nitrogen and oxygen atoms in total. The summed E-state index contributed by atoms with van der Waals surface area (Å²) in [5.74, 6) is -0.442. The maximum absolute atomic E-state index is 13.6. The Labute approximate surface area is 119 Å². The molecule has 1 amide bonds. The van der Waals surface area contributed by atoms with Gasteiger partial charge in [0.1, 0.15) is 5.82 Å². The quantitative estimate of drug-likeness (QED) is 0.827. The van der Waals surface area contributed by atoms with Gasteiger partial charge in [-0.1, -0.05) is 6.92 Å². The third-order valence-electron chi connectivity index (χ3n) is 3.94. The first-order valence-corrected chi connectivity index (χ1v) is 7.15. The molecule has 0 spiro atoms. The molecule has 1 fully saturated rings. The number of nitrogens with one attached hydrogen (secondary N) is 1. The topological polar surface area (TPSA) is 58.4 Å². The molecule has 0 aromatic heterocycles. The predicted octanol–water partition coefficient (Wildman–Crippen LogP) is 1.87. The van der Waals surface area contributed by atoms with Crippen LogP contribution >= 0.6 is 0 Å². The highest BCUT2D eigenvalue weighted by Crippen LogP contribution is 2.16. The summed E-state index contributed by atoms with van der Waals surface area (Å²) in [6.45, 7) is 6.00. The van der Waals surface area contributed by atoms with Crippen molar-refractivity contribution < 1.29 is 9.18 Å². The highest BCUT2D eigenvalue weighted by atomic mass is 19.1. The molecule has 20 heavy (non-hydrogen) atoms. The van der Waals surface area contributed by atoms with Gasteiger partial charge in [0.25, 0.3) is 5.91 Å². The minimum Gasteiger partial charge on any atom is -0.399 e. The summed E-state index contributed by atoms with van der Waals surface area (Å²) < 4.78 is 13.6. The van der Waals surface area contributed by atoms with Gasteiger partial charge in [-0.2, -0.15) is 0 Å². The van der Waals surface area contributed by atoms with Crippen molar-refractivity contribution in [3.05, 3.63) is 29.6 Å². The van der Waals surface area contributed by atoms with Gasteiger partial charge < -0.3 is 16.0 Å². The van der Waals surface area contributed by atoms with Crippen LogP contribution < -0.4 is 11.1 Å². The molecule has 1 saturated heterocycles. The molecule has 0 unspecified atom stereocenters. The summed E-state index contributed by atoms with van der Waals surface area (Å²) in [6.07, 6.45) is 2.16. The molecule has 3 N–H and O–H groups in total.